The Bertz CT molecular complexity index is 1310. The molecule has 0 unspecified atom stereocenters. The van der Waals surface area contributed by atoms with Crippen LogP contribution in [0.3, 0.4) is 0 Å². The molecule has 0 bridgehead atoms. The predicted molar refractivity (Wildman–Crippen MR) is 135 cm³/mol. The second kappa shape index (κ2) is 11.6. The van der Waals surface area contributed by atoms with Crippen molar-refractivity contribution in [3.63, 3.8) is 0 Å². The molecule has 35 heavy (non-hydrogen) atoms. The Morgan fingerprint density at radius 2 is 1.37 bits per heavy atom. The van der Waals surface area contributed by atoms with Crippen molar-refractivity contribution in [3.8, 4) is 22.6 Å². The molecule has 5 heteroatoms. The first kappa shape index (κ1) is 23.7. The SMILES string of the molecule is O=C(C=Cc1ccc(C(=O)c2ccc(OCCO)cc2)cc1)Oc1ccccc1-c1ccccc1. The second-order valence-corrected chi connectivity index (χ2v) is 7.66. The maximum Gasteiger partial charge on any atom is 0.336 e. The molecule has 1 N–H and O–H groups in total. The largest absolute Gasteiger partial charge is 0.491 e. The quantitative estimate of drug-likeness (QED) is 0.152. The van der Waals surface area contributed by atoms with Gasteiger partial charge in [0.25, 0.3) is 0 Å². The van der Waals surface area contributed by atoms with Crippen molar-refractivity contribution in [1.29, 1.82) is 0 Å². The van der Waals surface area contributed by atoms with E-state index in [1.807, 2.05) is 48.5 Å². The molecule has 0 aromatic heterocycles. The highest BCUT2D eigenvalue weighted by atomic mass is 16.5. The van der Waals surface area contributed by atoms with Crippen LogP contribution in [-0.2, 0) is 4.79 Å². The third-order valence-electron chi connectivity index (χ3n) is 5.24. The molecule has 0 heterocycles. The summed E-state index contributed by atoms with van der Waals surface area (Å²) < 4.78 is 10.9. The zero-order valence-electron chi connectivity index (χ0n) is 19.0. The molecule has 4 aromatic rings. The highest BCUT2D eigenvalue weighted by Gasteiger charge is 2.10. The first-order valence-corrected chi connectivity index (χ1v) is 11.2. The van der Waals surface area contributed by atoms with Gasteiger partial charge in [0.15, 0.2) is 5.78 Å². The summed E-state index contributed by atoms with van der Waals surface area (Å²) in [5.74, 6) is 0.472. The normalized spacial score (nSPS) is 10.8. The van der Waals surface area contributed by atoms with Crippen LogP contribution in [0.4, 0.5) is 0 Å². The molecule has 0 aliphatic carbocycles. The van der Waals surface area contributed by atoms with Gasteiger partial charge in [-0.15, -0.1) is 0 Å². The van der Waals surface area contributed by atoms with E-state index in [-0.39, 0.29) is 19.0 Å². The number of aliphatic hydroxyl groups is 1. The number of aliphatic hydroxyl groups excluding tert-OH is 1. The van der Waals surface area contributed by atoms with Gasteiger partial charge in [0.2, 0.25) is 0 Å². The number of ketones is 1. The number of hydrogen-bond acceptors (Lipinski definition) is 5. The third-order valence-corrected chi connectivity index (χ3v) is 5.24. The van der Waals surface area contributed by atoms with Gasteiger partial charge in [0.05, 0.1) is 6.61 Å². The van der Waals surface area contributed by atoms with E-state index in [0.717, 1.165) is 16.7 Å². The number of benzene rings is 4. The minimum Gasteiger partial charge on any atom is -0.491 e. The van der Waals surface area contributed by atoms with Crippen molar-refractivity contribution in [2.75, 3.05) is 13.2 Å². The molecule has 0 atom stereocenters. The maximum atomic E-state index is 12.7. The van der Waals surface area contributed by atoms with E-state index in [0.29, 0.717) is 22.6 Å². The van der Waals surface area contributed by atoms with Crippen LogP contribution in [0, 0.1) is 0 Å². The zero-order chi connectivity index (χ0) is 24.5. The molecule has 0 amide bonds. The fourth-order valence-electron chi connectivity index (χ4n) is 3.50. The van der Waals surface area contributed by atoms with Gasteiger partial charge in [-0.1, -0.05) is 72.8 Å². The van der Waals surface area contributed by atoms with Crippen LogP contribution in [0.15, 0.2) is 109 Å². The number of para-hydroxylation sites is 1. The summed E-state index contributed by atoms with van der Waals surface area (Å²) >= 11 is 0. The smallest absolute Gasteiger partial charge is 0.336 e. The maximum absolute atomic E-state index is 12.7. The Kier molecular flexibility index (Phi) is 7.84. The van der Waals surface area contributed by atoms with E-state index in [1.54, 1.807) is 60.7 Å². The average Bonchev–Trinajstić information content (AvgIpc) is 2.92. The number of esters is 1. The van der Waals surface area contributed by atoms with Crippen LogP contribution in [0.2, 0.25) is 0 Å². The van der Waals surface area contributed by atoms with E-state index in [4.69, 9.17) is 14.6 Å². The van der Waals surface area contributed by atoms with Crippen LogP contribution in [-0.4, -0.2) is 30.1 Å². The molecule has 0 spiro atoms. The Balaban J connectivity index is 1.39. The lowest BCUT2D eigenvalue weighted by Gasteiger charge is -2.08. The lowest BCUT2D eigenvalue weighted by atomic mass is 10.0. The molecule has 174 valence electrons. The molecule has 0 radical (unpaired) electrons. The topological polar surface area (TPSA) is 72.8 Å². The van der Waals surface area contributed by atoms with Gasteiger partial charge < -0.3 is 14.6 Å². The summed E-state index contributed by atoms with van der Waals surface area (Å²) in [6.45, 7) is 0.134. The number of carbonyl (C=O) groups is 2. The van der Waals surface area contributed by atoms with E-state index >= 15 is 0 Å². The van der Waals surface area contributed by atoms with E-state index < -0.39 is 5.97 Å². The van der Waals surface area contributed by atoms with E-state index in [1.165, 1.54) is 6.08 Å². The van der Waals surface area contributed by atoms with Crippen LogP contribution in [0.5, 0.6) is 11.5 Å². The van der Waals surface area contributed by atoms with Gasteiger partial charge in [0, 0.05) is 22.8 Å². The van der Waals surface area contributed by atoms with Gasteiger partial charge in [0.1, 0.15) is 18.1 Å². The van der Waals surface area contributed by atoms with Crippen molar-refractivity contribution in [3.05, 3.63) is 126 Å². The van der Waals surface area contributed by atoms with Gasteiger partial charge in [-0.2, -0.15) is 0 Å². The van der Waals surface area contributed by atoms with Crippen molar-refractivity contribution in [2.45, 2.75) is 0 Å². The van der Waals surface area contributed by atoms with Gasteiger partial charge in [-0.05, 0) is 47.5 Å². The van der Waals surface area contributed by atoms with Crippen LogP contribution < -0.4 is 9.47 Å². The minimum absolute atomic E-state index is 0.0693. The Labute approximate surface area is 203 Å². The van der Waals surface area contributed by atoms with E-state index in [2.05, 4.69) is 0 Å². The lowest BCUT2D eigenvalue weighted by molar-refractivity contribution is -0.128. The summed E-state index contributed by atoms with van der Waals surface area (Å²) in [6, 6.07) is 30.9. The summed E-state index contributed by atoms with van der Waals surface area (Å²) in [4.78, 5) is 25.2. The van der Waals surface area contributed by atoms with Crippen LogP contribution >= 0.6 is 0 Å². The monoisotopic (exact) mass is 464 g/mol. The molecule has 0 fully saturated rings. The van der Waals surface area contributed by atoms with Gasteiger partial charge in [-0.25, -0.2) is 4.79 Å². The summed E-state index contributed by atoms with van der Waals surface area (Å²) in [5.41, 5.74) is 3.64. The average molecular weight is 465 g/mol. The van der Waals surface area contributed by atoms with Gasteiger partial charge in [-0.3, -0.25) is 4.79 Å². The number of ether oxygens (including phenoxy) is 2. The Hall–Kier alpha value is -4.48. The molecule has 4 rings (SSSR count). The third kappa shape index (κ3) is 6.31. The number of carbonyl (C=O) groups excluding carboxylic acids is 2. The summed E-state index contributed by atoms with van der Waals surface area (Å²) in [7, 11) is 0. The number of rotatable bonds is 9. The van der Waals surface area contributed by atoms with Crippen molar-refractivity contribution < 1.29 is 24.2 Å². The Morgan fingerprint density at radius 1 is 0.743 bits per heavy atom. The van der Waals surface area contributed by atoms with Crippen molar-refractivity contribution in [2.24, 2.45) is 0 Å². The first-order valence-electron chi connectivity index (χ1n) is 11.2. The highest BCUT2D eigenvalue weighted by molar-refractivity contribution is 6.09. The standard InChI is InChI=1S/C30H24O5/c31-20-21-34-26-17-15-25(16-18-26)30(33)24-13-10-22(11-14-24)12-19-29(32)35-28-9-5-4-8-27(28)23-6-2-1-3-7-23/h1-19,31H,20-21H2. The molecule has 4 aromatic carbocycles. The lowest BCUT2D eigenvalue weighted by Crippen LogP contribution is -2.05. The number of hydrogen-bond donors (Lipinski definition) is 1. The molecular weight excluding hydrogens is 440 g/mol. The fourth-order valence-corrected chi connectivity index (χ4v) is 3.50. The predicted octanol–water partition coefficient (Wildman–Crippen LogP) is 5.57. The first-order chi connectivity index (χ1) is 17.1. The Morgan fingerprint density at radius 3 is 2.06 bits per heavy atom. The molecule has 0 aliphatic rings. The molecule has 0 aliphatic heterocycles. The second-order valence-electron chi connectivity index (χ2n) is 7.66. The molecular formula is C30H24O5. The molecule has 0 saturated heterocycles. The fraction of sp³-hybridized carbons (Fsp3) is 0.0667. The van der Waals surface area contributed by atoms with E-state index in [9.17, 15) is 9.59 Å². The summed E-state index contributed by atoms with van der Waals surface area (Å²) in [6.07, 6.45) is 3.01. The van der Waals surface area contributed by atoms with Crippen LogP contribution in [0.25, 0.3) is 17.2 Å². The molecule has 0 saturated carbocycles. The minimum atomic E-state index is -0.489. The molecule has 5 nitrogen and oxygen atoms in total. The highest BCUT2D eigenvalue weighted by Crippen LogP contribution is 2.29. The van der Waals surface area contributed by atoms with Gasteiger partial charge >= 0.3 is 5.97 Å². The van der Waals surface area contributed by atoms with Crippen molar-refractivity contribution in [1.82, 2.24) is 0 Å². The van der Waals surface area contributed by atoms with Crippen molar-refractivity contribution >= 4 is 17.8 Å². The summed E-state index contributed by atoms with van der Waals surface area (Å²) in [5, 5.41) is 8.82. The zero-order valence-corrected chi connectivity index (χ0v) is 19.0. The van der Waals surface area contributed by atoms with Crippen LogP contribution in [0.1, 0.15) is 21.5 Å².